The van der Waals surface area contributed by atoms with Crippen molar-refractivity contribution in [1.29, 1.82) is 0 Å². The van der Waals surface area contributed by atoms with Crippen LogP contribution in [0.2, 0.25) is 0 Å². The van der Waals surface area contributed by atoms with Gasteiger partial charge in [-0.1, -0.05) is 13.8 Å². The van der Waals surface area contributed by atoms with Crippen LogP contribution in [0.3, 0.4) is 0 Å². The van der Waals surface area contributed by atoms with Gasteiger partial charge in [0.1, 0.15) is 0 Å². The molecule has 0 aromatic rings. The average molecular weight is 230 g/mol. The molecule has 0 saturated carbocycles. The summed E-state index contributed by atoms with van der Waals surface area (Å²) in [5.41, 5.74) is 0. The van der Waals surface area contributed by atoms with Crippen molar-refractivity contribution in [2.45, 2.75) is 39.9 Å². The summed E-state index contributed by atoms with van der Waals surface area (Å²) in [6.45, 7) is 11.3. The van der Waals surface area contributed by atoms with Gasteiger partial charge in [0.2, 0.25) is 0 Å². The lowest BCUT2D eigenvalue weighted by molar-refractivity contribution is -0.0482. The van der Waals surface area contributed by atoms with E-state index >= 15 is 0 Å². The molecule has 1 aliphatic rings. The lowest BCUT2D eigenvalue weighted by Gasteiger charge is -2.37. The molecule has 1 saturated heterocycles. The molecule has 88 valence electrons. The Morgan fingerprint density at radius 2 is 1.93 bits per heavy atom. The highest BCUT2D eigenvalue weighted by Gasteiger charge is 2.23. The van der Waals surface area contributed by atoms with Crippen molar-refractivity contribution < 1.29 is 4.74 Å². The fourth-order valence-corrected chi connectivity index (χ4v) is 1.98. The van der Waals surface area contributed by atoms with Gasteiger partial charge in [0.25, 0.3) is 0 Å². The molecular weight excluding hydrogens is 208 g/mol. The van der Waals surface area contributed by atoms with Crippen LogP contribution in [-0.4, -0.2) is 41.9 Å². The summed E-state index contributed by atoms with van der Waals surface area (Å²) in [7, 11) is 0. The molecule has 1 N–H and O–H groups in total. The van der Waals surface area contributed by atoms with Crippen molar-refractivity contribution in [2.24, 2.45) is 5.92 Å². The molecule has 4 heteroatoms. The fourth-order valence-electron chi connectivity index (χ4n) is 1.75. The summed E-state index contributed by atoms with van der Waals surface area (Å²) in [4.78, 5) is 2.20. The Labute approximate surface area is 98.2 Å². The minimum atomic E-state index is 0.271. The summed E-state index contributed by atoms with van der Waals surface area (Å²) in [5, 5.41) is 4.16. The van der Waals surface area contributed by atoms with Gasteiger partial charge in [-0.25, -0.2) is 0 Å². The Balaban J connectivity index is 2.38. The standard InChI is InChI=1S/C11H22N2OS/c1-8(2)5-12-11(15)13-6-9(3)14-10(4)7-13/h8-10H,5-7H2,1-4H3,(H,12,15). The highest BCUT2D eigenvalue weighted by Crippen LogP contribution is 2.10. The highest BCUT2D eigenvalue weighted by molar-refractivity contribution is 7.80. The largest absolute Gasteiger partial charge is 0.372 e. The lowest BCUT2D eigenvalue weighted by Crippen LogP contribution is -2.51. The quantitative estimate of drug-likeness (QED) is 0.729. The van der Waals surface area contributed by atoms with Crippen LogP contribution in [0, 0.1) is 5.92 Å². The fraction of sp³-hybridized carbons (Fsp3) is 0.909. The van der Waals surface area contributed by atoms with E-state index in [1.165, 1.54) is 0 Å². The van der Waals surface area contributed by atoms with Crippen LogP contribution >= 0.6 is 12.2 Å². The first-order chi connectivity index (χ1) is 6.99. The van der Waals surface area contributed by atoms with E-state index in [1.54, 1.807) is 0 Å². The van der Waals surface area contributed by atoms with E-state index in [4.69, 9.17) is 17.0 Å². The van der Waals surface area contributed by atoms with Gasteiger partial charge in [-0.3, -0.25) is 0 Å². The zero-order valence-electron chi connectivity index (χ0n) is 10.1. The zero-order valence-corrected chi connectivity index (χ0v) is 10.9. The van der Waals surface area contributed by atoms with Crippen molar-refractivity contribution in [1.82, 2.24) is 10.2 Å². The van der Waals surface area contributed by atoms with Crippen LogP contribution in [0.25, 0.3) is 0 Å². The predicted octanol–water partition coefficient (Wildman–Crippen LogP) is 1.63. The van der Waals surface area contributed by atoms with E-state index < -0.39 is 0 Å². The van der Waals surface area contributed by atoms with Crippen molar-refractivity contribution in [3.63, 3.8) is 0 Å². The molecule has 1 aliphatic heterocycles. The smallest absolute Gasteiger partial charge is 0.169 e. The van der Waals surface area contributed by atoms with Crippen LogP contribution in [0.5, 0.6) is 0 Å². The molecule has 3 nitrogen and oxygen atoms in total. The van der Waals surface area contributed by atoms with Crippen LogP contribution in [-0.2, 0) is 4.74 Å². The van der Waals surface area contributed by atoms with Crippen LogP contribution in [0.1, 0.15) is 27.7 Å². The SMILES string of the molecule is CC(C)CNC(=S)N1CC(C)OC(C)C1. The minimum absolute atomic E-state index is 0.271. The predicted molar refractivity (Wildman–Crippen MR) is 67.0 cm³/mol. The minimum Gasteiger partial charge on any atom is -0.372 e. The molecule has 0 aliphatic carbocycles. The summed E-state index contributed by atoms with van der Waals surface area (Å²) in [5.74, 6) is 0.624. The molecule has 0 aromatic carbocycles. The molecule has 2 unspecified atom stereocenters. The zero-order chi connectivity index (χ0) is 11.4. The Kier molecular flexibility index (Phi) is 4.80. The second-order valence-corrected chi connectivity index (χ2v) is 5.13. The number of nitrogens with one attached hydrogen (secondary N) is 1. The summed E-state index contributed by atoms with van der Waals surface area (Å²) >= 11 is 5.36. The Morgan fingerprint density at radius 1 is 1.40 bits per heavy atom. The highest BCUT2D eigenvalue weighted by atomic mass is 32.1. The first kappa shape index (κ1) is 12.7. The van der Waals surface area contributed by atoms with E-state index in [9.17, 15) is 0 Å². The number of rotatable bonds is 2. The third-order valence-corrected chi connectivity index (χ3v) is 2.77. The van der Waals surface area contributed by atoms with Gasteiger partial charge in [-0.05, 0) is 32.0 Å². The molecule has 1 heterocycles. The molecule has 15 heavy (non-hydrogen) atoms. The molecule has 0 radical (unpaired) electrons. The molecular formula is C11H22N2OS. The van der Waals surface area contributed by atoms with E-state index in [1.807, 2.05) is 0 Å². The maximum absolute atomic E-state index is 5.66. The van der Waals surface area contributed by atoms with Crippen molar-refractivity contribution in [3.8, 4) is 0 Å². The normalized spacial score (nSPS) is 26.9. The molecule has 0 bridgehead atoms. The first-order valence-electron chi connectivity index (χ1n) is 5.67. The summed E-state index contributed by atoms with van der Waals surface area (Å²) < 4.78 is 5.66. The number of morpholine rings is 1. The van der Waals surface area contributed by atoms with Gasteiger partial charge in [-0.15, -0.1) is 0 Å². The van der Waals surface area contributed by atoms with Gasteiger partial charge in [0.15, 0.2) is 5.11 Å². The monoisotopic (exact) mass is 230 g/mol. The van der Waals surface area contributed by atoms with E-state index in [2.05, 4.69) is 37.9 Å². The number of hydrogen-bond donors (Lipinski definition) is 1. The van der Waals surface area contributed by atoms with Gasteiger partial charge in [0, 0.05) is 19.6 Å². The summed E-state index contributed by atoms with van der Waals surface area (Å²) in [6, 6.07) is 0. The Morgan fingerprint density at radius 3 is 2.40 bits per heavy atom. The average Bonchev–Trinajstić information content (AvgIpc) is 2.12. The van der Waals surface area contributed by atoms with E-state index in [0.29, 0.717) is 5.92 Å². The lowest BCUT2D eigenvalue weighted by atomic mass is 10.2. The van der Waals surface area contributed by atoms with Gasteiger partial charge >= 0.3 is 0 Å². The second kappa shape index (κ2) is 5.66. The molecule has 1 fully saturated rings. The van der Waals surface area contributed by atoms with Crippen molar-refractivity contribution in [3.05, 3.63) is 0 Å². The second-order valence-electron chi connectivity index (χ2n) is 4.74. The molecule has 0 spiro atoms. The molecule has 0 aromatic heterocycles. The van der Waals surface area contributed by atoms with Gasteiger partial charge in [0.05, 0.1) is 12.2 Å². The van der Waals surface area contributed by atoms with Crippen LogP contribution in [0.4, 0.5) is 0 Å². The first-order valence-corrected chi connectivity index (χ1v) is 6.08. The van der Waals surface area contributed by atoms with Crippen molar-refractivity contribution in [2.75, 3.05) is 19.6 Å². The van der Waals surface area contributed by atoms with E-state index in [-0.39, 0.29) is 12.2 Å². The van der Waals surface area contributed by atoms with Crippen molar-refractivity contribution >= 4 is 17.3 Å². The Hall–Kier alpha value is -0.350. The molecule has 0 amide bonds. The van der Waals surface area contributed by atoms with Gasteiger partial charge in [-0.2, -0.15) is 0 Å². The third-order valence-electron chi connectivity index (χ3n) is 2.37. The number of thiocarbonyl (C=S) groups is 1. The topological polar surface area (TPSA) is 24.5 Å². The summed E-state index contributed by atoms with van der Waals surface area (Å²) in [6.07, 6.45) is 0.542. The Bertz CT molecular complexity index is 211. The van der Waals surface area contributed by atoms with Crippen LogP contribution in [0.15, 0.2) is 0 Å². The molecule has 1 rings (SSSR count). The number of ether oxygens (including phenoxy) is 1. The molecule has 2 atom stereocenters. The number of nitrogens with zero attached hydrogens (tertiary/aromatic N) is 1. The van der Waals surface area contributed by atoms with Gasteiger partial charge < -0.3 is 15.0 Å². The third kappa shape index (κ3) is 4.34. The van der Waals surface area contributed by atoms with E-state index in [0.717, 1.165) is 24.7 Å². The van der Waals surface area contributed by atoms with Crippen LogP contribution < -0.4 is 5.32 Å². The maximum Gasteiger partial charge on any atom is 0.169 e. The maximum atomic E-state index is 5.66. The number of hydrogen-bond acceptors (Lipinski definition) is 2.